The van der Waals surface area contributed by atoms with Crippen LogP contribution in [0.3, 0.4) is 0 Å². The van der Waals surface area contributed by atoms with E-state index in [1.807, 2.05) is 24.3 Å². The highest BCUT2D eigenvalue weighted by Gasteiger charge is 2.19. The van der Waals surface area contributed by atoms with Gasteiger partial charge >= 0.3 is 0 Å². The van der Waals surface area contributed by atoms with E-state index in [9.17, 15) is 4.39 Å². The molecule has 0 saturated carbocycles. The largest absolute Gasteiger partial charge is 0.339 e. The summed E-state index contributed by atoms with van der Waals surface area (Å²) >= 11 is 0. The van der Waals surface area contributed by atoms with Gasteiger partial charge in [0, 0.05) is 16.9 Å². The van der Waals surface area contributed by atoms with Crippen LogP contribution in [0.25, 0.3) is 16.9 Å². The molecule has 2 heterocycles. The van der Waals surface area contributed by atoms with Crippen molar-refractivity contribution in [2.75, 3.05) is 5.32 Å². The Kier molecular flexibility index (Phi) is 4.40. The highest BCUT2D eigenvalue weighted by Crippen LogP contribution is 2.35. The first kappa shape index (κ1) is 17.3. The summed E-state index contributed by atoms with van der Waals surface area (Å²) in [5, 5.41) is 3.57. The molecule has 2 aromatic carbocycles. The number of hydrogen-bond donors (Lipinski definition) is 1. The summed E-state index contributed by atoms with van der Waals surface area (Å²) < 4.78 is 16.7. The van der Waals surface area contributed by atoms with E-state index in [0.29, 0.717) is 11.3 Å². The van der Waals surface area contributed by atoms with Crippen LogP contribution in [-0.4, -0.2) is 9.38 Å². The molecule has 4 heteroatoms. The van der Waals surface area contributed by atoms with Gasteiger partial charge in [0.25, 0.3) is 0 Å². The molecule has 0 aliphatic carbocycles. The SMILES string of the molecule is CCc1cccc2nc(-c3ccccc3F)c(Nc3c(C)cccc3C)n12. The Labute approximate surface area is 158 Å². The number of aryl methyl sites for hydroxylation is 3. The topological polar surface area (TPSA) is 29.3 Å². The predicted octanol–water partition coefficient (Wildman–Crippen LogP) is 6.06. The first-order chi connectivity index (χ1) is 13.1. The molecule has 0 atom stereocenters. The van der Waals surface area contributed by atoms with E-state index in [1.165, 1.54) is 6.07 Å². The van der Waals surface area contributed by atoms with E-state index in [1.54, 1.807) is 12.1 Å². The number of halogens is 1. The van der Waals surface area contributed by atoms with Crippen molar-refractivity contribution in [3.63, 3.8) is 0 Å². The summed E-state index contributed by atoms with van der Waals surface area (Å²) in [6.45, 7) is 6.25. The van der Waals surface area contributed by atoms with Gasteiger partial charge in [-0.15, -0.1) is 0 Å². The lowest BCUT2D eigenvalue weighted by Crippen LogP contribution is -2.04. The third-order valence-electron chi connectivity index (χ3n) is 4.94. The van der Waals surface area contributed by atoms with Crippen LogP contribution in [0.5, 0.6) is 0 Å². The lowest BCUT2D eigenvalue weighted by atomic mass is 10.1. The monoisotopic (exact) mass is 359 g/mol. The molecule has 0 aliphatic heterocycles. The van der Waals surface area contributed by atoms with Crippen molar-refractivity contribution in [1.29, 1.82) is 0 Å². The van der Waals surface area contributed by atoms with E-state index in [4.69, 9.17) is 4.98 Å². The third kappa shape index (κ3) is 2.97. The molecule has 4 rings (SSSR count). The fourth-order valence-electron chi connectivity index (χ4n) is 3.52. The summed E-state index contributed by atoms with van der Waals surface area (Å²) in [4.78, 5) is 4.77. The quantitative estimate of drug-likeness (QED) is 0.480. The minimum absolute atomic E-state index is 0.275. The van der Waals surface area contributed by atoms with Crippen LogP contribution in [0.15, 0.2) is 60.7 Å². The normalized spacial score (nSPS) is 11.1. The maximum absolute atomic E-state index is 14.6. The molecule has 0 saturated heterocycles. The summed E-state index contributed by atoms with van der Waals surface area (Å²) in [5.41, 5.74) is 6.35. The lowest BCUT2D eigenvalue weighted by Gasteiger charge is -2.15. The Balaban J connectivity index is 2.02. The number of benzene rings is 2. The van der Waals surface area contributed by atoms with Crippen molar-refractivity contribution in [3.05, 3.63) is 83.3 Å². The molecular weight excluding hydrogens is 337 g/mol. The van der Waals surface area contributed by atoms with Crippen molar-refractivity contribution in [3.8, 4) is 11.3 Å². The smallest absolute Gasteiger partial charge is 0.143 e. The second kappa shape index (κ2) is 6.88. The fourth-order valence-corrected chi connectivity index (χ4v) is 3.52. The predicted molar refractivity (Wildman–Crippen MR) is 109 cm³/mol. The number of anilines is 2. The highest BCUT2D eigenvalue weighted by atomic mass is 19.1. The van der Waals surface area contributed by atoms with Gasteiger partial charge in [0.2, 0.25) is 0 Å². The van der Waals surface area contributed by atoms with Crippen molar-refractivity contribution in [2.45, 2.75) is 27.2 Å². The molecule has 0 aliphatic rings. The van der Waals surface area contributed by atoms with E-state index in [2.05, 4.69) is 48.7 Å². The van der Waals surface area contributed by atoms with Crippen LogP contribution in [0, 0.1) is 19.7 Å². The van der Waals surface area contributed by atoms with Crippen LogP contribution in [0.2, 0.25) is 0 Å². The standard InChI is InChI=1S/C23H22FN3/c1-4-17-11-8-14-20-25-22(18-12-5-6-13-19(18)24)23(27(17)20)26-21-15(2)9-7-10-16(21)3/h5-14,26H,4H2,1-3H3. The van der Waals surface area contributed by atoms with Gasteiger partial charge in [0.05, 0.1) is 0 Å². The van der Waals surface area contributed by atoms with Crippen LogP contribution in [0.1, 0.15) is 23.7 Å². The number of hydrogen-bond acceptors (Lipinski definition) is 2. The van der Waals surface area contributed by atoms with E-state index < -0.39 is 0 Å². The average molecular weight is 359 g/mol. The lowest BCUT2D eigenvalue weighted by molar-refractivity contribution is 0.631. The zero-order valence-electron chi connectivity index (χ0n) is 15.8. The molecule has 0 bridgehead atoms. The first-order valence-electron chi connectivity index (χ1n) is 9.18. The maximum atomic E-state index is 14.6. The molecule has 136 valence electrons. The van der Waals surface area contributed by atoms with Gasteiger partial charge in [-0.25, -0.2) is 9.37 Å². The first-order valence-corrected chi connectivity index (χ1v) is 9.18. The second-order valence-electron chi connectivity index (χ2n) is 6.74. The molecule has 1 N–H and O–H groups in total. The molecule has 2 aromatic heterocycles. The van der Waals surface area contributed by atoms with E-state index >= 15 is 0 Å². The number of nitrogens with one attached hydrogen (secondary N) is 1. The molecule has 3 nitrogen and oxygen atoms in total. The summed E-state index contributed by atoms with van der Waals surface area (Å²) in [6, 6.07) is 19.0. The van der Waals surface area contributed by atoms with Gasteiger partial charge in [0.1, 0.15) is 23.0 Å². The number of pyridine rings is 1. The number of aromatic nitrogens is 2. The van der Waals surface area contributed by atoms with Crippen molar-refractivity contribution >= 4 is 17.2 Å². The number of rotatable bonds is 4. The Bertz CT molecular complexity index is 1110. The average Bonchev–Trinajstić information content (AvgIpc) is 3.03. The van der Waals surface area contributed by atoms with Gasteiger partial charge in [-0.1, -0.05) is 43.3 Å². The Morgan fingerprint density at radius 3 is 2.33 bits per heavy atom. The van der Waals surface area contributed by atoms with Gasteiger partial charge in [-0.2, -0.15) is 0 Å². The minimum Gasteiger partial charge on any atom is -0.339 e. The molecule has 0 unspecified atom stereocenters. The zero-order valence-corrected chi connectivity index (χ0v) is 15.8. The minimum atomic E-state index is -0.275. The molecule has 0 fully saturated rings. The number of nitrogens with zero attached hydrogens (tertiary/aromatic N) is 2. The van der Waals surface area contributed by atoms with E-state index in [0.717, 1.165) is 40.4 Å². The highest BCUT2D eigenvalue weighted by molar-refractivity contribution is 5.81. The third-order valence-corrected chi connectivity index (χ3v) is 4.94. The van der Waals surface area contributed by atoms with Gasteiger partial charge in [-0.3, -0.25) is 4.40 Å². The van der Waals surface area contributed by atoms with Crippen molar-refractivity contribution < 1.29 is 4.39 Å². The Morgan fingerprint density at radius 1 is 0.926 bits per heavy atom. The van der Waals surface area contributed by atoms with Crippen LogP contribution in [0.4, 0.5) is 15.9 Å². The molecule has 0 amide bonds. The van der Waals surface area contributed by atoms with Gasteiger partial charge in [-0.05, 0) is 55.7 Å². The molecular formula is C23H22FN3. The van der Waals surface area contributed by atoms with E-state index in [-0.39, 0.29) is 5.82 Å². The Morgan fingerprint density at radius 2 is 1.63 bits per heavy atom. The van der Waals surface area contributed by atoms with Crippen LogP contribution in [-0.2, 0) is 6.42 Å². The maximum Gasteiger partial charge on any atom is 0.143 e. The molecule has 0 spiro atoms. The van der Waals surface area contributed by atoms with Gasteiger partial charge in [0.15, 0.2) is 0 Å². The molecule has 4 aromatic rings. The number of fused-ring (bicyclic) bond motifs is 1. The molecule has 27 heavy (non-hydrogen) atoms. The summed E-state index contributed by atoms with van der Waals surface area (Å²) in [5.74, 6) is 0.522. The van der Waals surface area contributed by atoms with Crippen LogP contribution >= 0.6 is 0 Å². The Hall–Kier alpha value is -3.14. The second-order valence-corrected chi connectivity index (χ2v) is 6.74. The number of imidazole rings is 1. The summed E-state index contributed by atoms with van der Waals surface area (Å²) in [6.07, 6.45) is 0.853. The fraction of sp³-hybridized carbons (Fsp3) is 0.174. The van der Waals surface area contributed by atoms with Crippen molar-refractivity contribution in [2.24, 2.45) is 0 Å². The van der Waals surface area contributed by atoms with Gasteiger partial charge < -0.3 is 5.32 Å². The van der Waals surface area contributed by atoms with Crippen molar-refractivity contribution in [1.82, 2.24) is 9.38 Å². The molecule has 0 radical (unpaired) electrons. The summed E-state index contributed by atoms with van der Waals surface area (Å²) in [7, 11) is 0. The van der Waals surface area contributed by atoms with Crippen LogP contribution < -0.4 is 5.32 Å². The number of para-hydroxylation sites is 1. The zero-order chi connectivity index (χ0) is 19.0.